The molecule has 1 heterocycles. The zero-order valence-corrected chi connectivity index (χ0v) is 15.3. The van der Waals surface area contributed by atoms with Gasteiger partial charge < -0.3 is 0 Å². The van der Waals surface area contributed by atoms with E-state index in [1.165, 1.54) is 5.01 Å². The molecule has 0 radical (unpaired) electrons. The molecular formula is C24H20N2O2. The summed E-state index contributed by atoms with van der Waals surface area (Å²) >= 11 is 0. The summed E-state index contributed by atoms with van der Waals surface area (Å²) in [6.07, 6.45) is 2.13. The summed E-state index contributed by atoms with van der Waals surface area (Å²) in [5, 5.41) is 1.41. The molecular weight excluding hydrogens is 348 g/mol. The highest BCUT2D eigenvalue weighted by atomic mass is 16.2. The average molecular weight is 368 g/mol. The molecule has 0 atom stereocenters. The lowest BCUT2D eigenvalue weighted by Gasteiger charge is -2.29. The second-order valence-electron chi connectivity index (χ2n) is 6.70. The van der Waals surface area contributed by atoms with Crippen LogP contribution in [0.2, 0.25) is 0 Å². The summed E-state index contributed by atoms with van der Waals surface area (Å²) in [5.74, 6) is -0.415. The molecule has 4 heteroatoms. The highest BCUT2D eigenvalue weighted by Gasteiger charge is 2.25. The molecule has 3 aromatic carbocycles. The van der Waals surface area contributed by atoms with E-state index >= 15 is 0 Å². The molecule has 138 valence electrons. The molecule has 1 aliphatic heterocycles. The Labute approximate surface area is 164 Å². The van der Waals surface area contributed by atoms with Crippen molar-refractivity contribution in [2.45, 2.75) is 13.0 Å². The Morgan fingerprint density at radius 3 is 2.14 bits per heavy atom. The monoisotopic (exact) mass is 368 g/mol. The van der Waals surface area contributed by atoms with Crippen molar-refractivity contribution < 1.29 is 9.59 Å². The molecule has 3 aromatic rings. The Bertz CT molecular complexity index is 1030. The van der Waals surface area contributed by atoms with Crippen LogP contribution in [0.1, 0.15) is 22.3 Å². The van der Waals surface area contributed by atoms with Crippen LogP contribution in [-0.4, -0.2) is 16.8 Å². The van der Waals surface area contributed by atoms with Crippen molar-refractivity contribution in [1.29, 1.82) is 0 Å². The maximum atomic E-state index is 13.1. The number of carbonyl (C=O) groups excluding carboxylic acids is 2. The van der Waals surface area contributed by atoms with Crippen LogP contribution >= 0.6 is 0 Å². The van der Waals surface area contributed by atoms with E-state index in [-0.39, 0.29) is 11.8 Å². The van der Waals surface area contributed by atoms with Gasteiger partial charge in [0.25, 0.3) is 5.91 Å². The van der Waals surface area contributed by atoms with E-state index < -0.39 is 0 Å². The van der Waals surface area contributed by atoms with Crippen molar-refractivity contribution in [3.63, 3.8) is 0 Å². The summed E-state index contributed by atoms with van der Waals surface area (Å²) < 4.78 is 0. The van der Waals surface area contributed by atoms with Gasteiger partial charge in [0.2, 0.25) is 5.91 Å². The number of carbonyl (C=O) groups is 2. The van der Waals surface area contributed by atoms with Crippen LogP contribution in [0.3, 0.4) is 0 Å². The third kappa shape index (κ3) is 3.86. The number of fused-ring (bicyclic) bond motifs is 1. The number of rotatable bonds is 4. The number of amides is 2. The van der Waals surface area contributed by atoms with E-state index in [1.807, 2.05) is 91.0 Å². The van der Waals surface area contributed by atoms with Gasteiger partial charge in [-0.05, 0) is 28.3 Å². The lowest BCUT2D eigenvalue weighted by Crippen LogP contribution is -2.48. The van der Waals surface area contributed by atoms with Crippen LogP contribution in [0.4, 0.5) is 0 Å². The quantitative estimate of drug-likeness (QED) is 0.562. The third-order valence-corrected chi connectivity index (χ3v) is 4.77. The normalized spacial score (nSPS) is 13.8. The molecule has 0 saturated carbocycles. The topological polar surface area (TPSA) is 49.4 Å². The number of nitrogens with one attached hydrogen (secondary N) is 1. The number of benzene rings is 3. The zero-order valence-electron chi connectivity index (χ0n) is 15.3. The molecule has 0 aliphatic carbocycles. The van der Waals surface area contributed by atoms with Gasteiger partial charge in [-0.15, -0.1) is 0 Å². The molecule has 2 amide bonds. The van der Waals surface area contributed by atoms with Crippen molar-refractivity contribution in [3.05, 3.63) is 107 Å². The fraction of sp³-hybridized carbons (Fsp3) is 0.0833. The lowest BCUT2D eigenvalue weighted by molar-refractivity contribution is -0.140. The molecule has 0 unspecified atom stereocenters. The molecule has 4 nitrogen and oxygen atoms in total. The minimum Gasteiger partial charge on any atom is -0.273 e. The third-order valence-electron chi connectivity index (χ3n) is 4.77. The largest absolute Gasteiger partial charge is 0.273 e. The van der Waals surface area contributed by atoms with E-state index in [9.17, 15) is 9.59 Å². The van der Waals surface area contributed by atoms with Crippen LogP contribution < -0.4 is 5.43 Å². The van der Waals surface area contributed by atoms with Crippen molar-refractivity contribution >= 4 is 23.5 Å². The lowest BCUT2D eigenvalue weighted by atomic mass is 10.00. The highest BCUT2D eigenvalue weighted by molar-refractivity contribution is 6.24. The van der Waals surface area contributed by atoms with E-state index in [2.05, 4.69) is 5.43 Å². The smallest absolute Gasteiger partial charge is 0.270 e. The first-order chi connectivity index (χ1) is 13.7. The SMILES string of the molecule is O=C(NN1Cc2ccccc2CC1=O)/C(=C/c1ccccc1)c1ccccc1. The van der Waals surface area contributed by atoms with Gasteiger partial charge in [0.1, 0.15) is 0 Å². The van der Waals surface area contributed by atoms with Crippen LogP contribution in [0.5, 0.6) is 0 Å². The molecule has 0 fully saturated rings. The summed E-state index contributed by atoms with van der Waals surface area (Å²) in [6.45, 7) is 0.369. The van der Waals surface area contributed by atoms with Gasteiger partial charge in [0.05, 0.1) is 13.0 Å². The fourth-order valence-electron chi connectivity index (χ4n) is 3.30. The Morgan fingerprint density at radius 1 is 0.821 bits per heavy atom. The van der Waals surface area contributed by atoms with Crippen LogP contribution in [0, 0.1) is 0 Å². The van der Waals surface area contributed by atoms with Crippen LogP contribution in [0.25, 0.3) is 11.6 Å². The predicted octanol–water partition coefficient (Wildman–Crippen LogP) is 3.84. The minimum atomic E-state index is -0.303. The highest BCUT2D eigenvalue weighted by Crippen LogP contribution is 2.21. The number of nitrogens with zero attached hydrogens (tertiary/aromatic N) is 1. The fourth-order valence-corrected chi connectivity index (χ4v) is 3.30. The molecule has 0 saturated heterocycles. The minimum absolute atomic E-state index is 0.112. The van der Waals surface area contributed by atoms with Crippen molar-refractivity contribution in [2.75, 3.05) is 0 Å². The van der Waals surface area contributed by atoms with Gasteiger partial charge in [-0.25, -0.2) is 5.01 Å². The van der Waals surface area contributed by atoms with Gasteiger partial charge in [-0.1, -0.05) is 84.9 Å². The maximum Gasteiger partial charge on any atom is 0.270 e. The molecule has 28 heavy (non-hydrogen) atoms. The van der Waals surface area contributed by atoms with E-state index in [0.29, 0.717) is 18.5 Å². The number of hydrogen-bond donors (Lipinski definition) is 1. The first kappa shape index (κ1) is 17.7. The zero-order chi connectivity index (χ0) is 19.3. The summed E-state index contributed by atoms with van der Waals surface area (Å²) in [7, 11) is 0. The van der Waals surface area contributed by atoms with Crippen molar-refractivity contribution in [3.8, 4) is 0 Å². The molecule has 1 N–H and O–H groups in total. The first-order valence-corrected chi connectivity index (χ1v) is 9.21. The molecule has 0 aromatic heterocycles. The summed E-state index contributed by atoms with van der Waals surface area (Å²) in [6, 6.07) is 27.0. The summed E-state index contributed by atoms with van der Waals surface area (Å²) in [5.41, 5.74) is 7.11. The molecule has 0 bridgehead atoms. The Kier molecular flexibility index (Phi) is 5.02. The standard InChI is InChI=1S/C24H20N2O2/c27-23-16-20-13-7-8-14-21(20)17-26(23)25-24(28)22(19-11-5-2-6-12-19)15-18-9-3-1-4-10-18/h1-15H,16-17H2,(H,25,28)/b22-15+. The summed E-state index contributed by atoms with van der Waals surface area (Å²) in [4.78, 5) is 25.6. The van der Waals surface area contributed by atoms with Crippen molar-refractivity contribution in [1.82, 2.24) is 10.4 Å². The van der Waals surface area contributed by atoms with Crippen molar-refractivity contribution in [2.24, 2.45) is 0 Å². The Balaban J connectivity index is 1.62. The van der Waals surface area contributed by atoms with Crippen LogP contribution in [0.15, 0.2) is 84.9 Å². The van der Waals surface area contributed by atoms with Gasteiger partial charge in [0, 0.05) is 5.57 Å². The maximum absolute atomic E-state index is 13.1. The van der Waals surface area contributed by atoms with Gasteiger partial charge in [-0.2, -0.15) is 0 Å². The Morgan fingerprint density at radius 2 is 1.43 bits per heavy atom. The number of hydrazine groups is 1. The van der Waals surface area contributed by atoms with Crippen LogP contribution in [-0.2, 0) is 22.6 Å². The first-order valence-electron chi connectivity index (χ1n) is 9.21. The molecule has 1 aliphatic rings. The number of hydrogen-bond acceptors (Lipinski definition) is 2. The van der Waals surface area contributed by atoms with Gasteiger partial charge >= 0.3 is 0 Å². The van der Waals surface area contributed by atoms with E-state index in [4.69, 9.17) is 0 Å². The second-order valence-corrected chi connectivity index (χ2v) is 6.70. The predicted molar refractivity (Wildman–Crippen MR) is 110 cm³/mol. The van der Waals surface area contributed by atoms with Gasteiger partial charge in [0.15, 0.2) is 0 Å². The van der Waals surface area contributed by atoms with Gasteiger partial charge in [-0.3, -0.25) is 15.0 Å². The molecule has 0 spiro atoms. The van der Waals surface area contributed by atoms with E-state index in [1.54, 1.807) is 0 Å². The second kappa shape index (κ2) is 7.92. The average Bonchev–Trinajstić information content (AvgIpc) is 2.74. The Hall–Kier alpha value is -3.66. The van der Waals surface area contributed by atoms with E-state index in [0.717, 1.165) is 22.3 Å². The molecule has 4 rings (SSSR count).